The van der Waals surface area contributed by atoms with Crippen LogP contribution in [-0.4, -0.2) is 143 Å². The van der Waals surface area contributed by atoms with E-state index < -0.39 is 0 Å². The van der Waals surface area contributed by atoms with Crippen molar-refractivity contribution in [3.8, 4) is 0 Å². The van der Waals surface area contributed by atoms with Crippen LogP contribution in [0.1, 0.15) is 177 Å². The van der Waals surface area contributed by atoms with Crippen molar-refractivity contribution in [2.45, 2.75) is 154 Å². The first kappa shape index (κ1) is 83.5. The van der Waals surface area contributed by atoms with Gasteiger partial charge in [-0.25, -0.2) is 24.9 Å². The number of aromatic nitrogens is 9. The molecule has 0 bridgehead atoms. The van der Waals surface area contributed by atoms with Gasteiger partial charge >= 0.3 is 0 Å². The molecule has 0 radical (unpaired) electrons. The fourth-order valence-corrected chi connectivity index (χ4v) is 21.0. The first-order chi connectivity index (χ1) is 56.5. The number of nitrogens with two attached hydrogens (primary N) is 5. The van der Waals surface area contributed by atoms with Crippen molar-refractivity contribution in [3.05, 3.63) is 211 Å². The fourth-order valence-electron chi connectivity index (χ4n) is 19.7. The van der Waals surface area contributed by atoms with Gasteiger partial charge in [-0.3, -0.25) is 57.4 Å². The Hall–Kier alpha value is -8.12. The number of benzene rings is 3. The van der Waals surface area contributed by atoms with Gasteiger partial charge in [-0.2, -0.15) is 0 Å². The van der Waals surface area contributed by atoms with Gasteiger partial charge in [0, 0.05) is 127 Å². The second-order valence-electron chi connectivity index (χ2n) is 34.1. The van der Waals surface area contributed by atoms with Crippen LogP contribution in [0.2, 0.25) is 35.2 Å². The van der Waals surface area contributed by atoms with Crippen LogP contribution < -0.4 is 70.5 Å². The minimum Gasteiger partial charge on any atom is -0.382 e. The molecule has 11 aliphatic rings. The molecule has 26 nitrogen and oxygen atoms in total. The van der Waals surface area contributed by atoms with Crippen LogP contribution >= 0.6 is 81.2 Å². The topological polar surface area (TPSA) is 345 Å². The van der Waals surface area contributed by atoms with Crippen LogP contribution in [0.4, 0.5) is 29.6 Å². The number of fused-ring (bicyclic) bond motifs is 4. The molecular formula is C85H99Cl7N22O4. The molecule has 0 unspecified atom stereocenters. The Morgan fingerprint density at radius 3 is 1.02 bits per heavy atom. The summed E-state index contributed by atoms with van der Waals surface area (Å²) in [5.41, 5.74) is 41.3. The molecule has 4 atom stereocenters. The molecule has 118 heavy (non-hydrogen) atoms. The molecule has 3 aliphatic carbocycles. The Labute approximate surface area is 719 Å². The number of anilines is 5. The number of rotatable bonds is 9. The van der Waals surface area contributed by atoms with Gasteiger partial charge in [0.25, 0.3) is 22.2 Å². The lowest BCUT2D eigenvalue weighted by Gasteiger charge is -2.52. The number of aliphatic imine (C=N–C) groups is 4. The van der Waals surface area contributed by atoms with E-state index in [4.69, 9.17) is 130 Å². The monoisotopic (exact) mass is 1740 g/mol. The molecule has 0 amide bonds. The van der Waals surface area contributed by atoms with Crippen molar-refractivity contribution in [2.24, 2.45) is 98.7 Å². The number of nitrogens with zero attached hydrogens (tertiary/aromatic N) is 17. The van der Waals surface area contributed by atoms with E-state index in [1.54, 1.807) is 83.0 Å². The number of piperidine rings is 4. The van der Waals surface area contributed by atoms with Crippen LogP contribution in [0.25, 0.3) is 0 Å². The largest absolute Gasteiger partial charge is 0.382 e. The van der Waals surface area contributed by atoms with E-state index in [9.17, 15) is 19.2 Å². The van der Waals surface area contributed by atoms with Gasteiger partial charge in [-0.15, -0.1) is 0 Å². The molecule has 3 saturated carbocycles. The first-order valence-corrected chi connectivity index (χ1v) is 43.4. The maximum absolute atomic E-state index is 13.4. The van der Waals surface area contributed by atoms with Gasteiger partial charge in [0.05, 0.1) is 129 Å². The second kappa shape index (κ2) is 33.0. The molecule has 622 valence electrons. The zero-order chi connectivity index (χ0) is 83.3. The Bertz CT molecular complexity index is 5730. The number of halogens is 7. The summed E-state index contributed by atoms with van der Waals surface area (Å²) in [7, 11) is 7.10. The Morgan fingerprint density at radius 2 is 0.720 bits per heavy atom. The maximum Gasteiger partial charge on any atom is 0.264 e. The predicted octanol–water partition coefficient (Wildman–Crippen LogP) is 11.8. The summed E-state index contributed by atoms with van der Waals surface area (Å²) in [6.07, 6.45) is 18.2. The lowest BCUT2D eigenvalue weighted by molar-refractivity contribution is 0.0607. The normalized spacial score (nSPS) is 22.0. The van der Waals surface area contributed by atoms with Crippen LogP contribution in [0.15, 0.2) is 106 Å². The summed E-state index contributed by atoms with van der Waals surface area (Å²) in [5, 5.41) is 2.85. The molecule has 33 heteroatoms. The van der Waals surface area contributed by atoms with E-state index in [1.807, 2.05) is 30.3 Å². The zero-order valence-electron chi connectivity index (χ0n) is 67.2. The smallest absolute Gasteiger partial charge is 0.264 e. The summed E-state index contributed by atoms with van der Waals surface area (Å²) in [4.78, 5) is 104. The highest BCUT2D eigenvalue weighted by atomic mass is 35.5. The van der Waals surface area contributed by atoms with E-state index in [1.165, 1.54) is 32.1 Å². The standard InChI is InChI=1S/C23H27Cl2N5O.C21H23Cl2N5O.C21H26ClN7O.C20H23Cl2N5O/c1-13-6-7-23(20(13)26)8-10-30(11-9-23)22-28-16-12-27-19(17(16)21(31)29(22)2)14-4-3-5-15(24)18(14)25;1-27-19(29)16-14(11-25-18(16)12-3-2-4-13(22)17(12)23)26-20(27)28-9-7-21(8-10-28)6-5-15(21)24;1-28-19(30)15-13(11-26-17(15)12-4-8-25-18(24)16(12)22)27-20(28)29-9-6-21(7-10-29)5-2-3-14(21)23;1-20(11-23)6-8-27(9-7-20)19-25-14-10-24-17(15(14)18(28)26(19)2)12-4-3-5-13(21)16(12)22/h3-5,13,20H,6-12,26H2,1-2H3;2-4,15H,5-11,24H2,1H3;4,8,14H,2-3,5-7,9-11,23H2,1H3,(H2,24,25);3-5H,6-11,23H2,1-2H3/t13-,20-;15-;14-;/m101./s1. The number of hydrogen-bond donors (Lipinski definition) is 5. The second-order valence-corrected chi connectivity index (χ2v) is 36.9. The summed E-state index contributed by atoms with van der Waals surface area (Å²) in [6, 6.07) is 18.7. The van der Waals surface area contributed by atoms with Gasteiger partial charge < -0.3 is 48.3 Å². The quantitative estimate of drug-likeness (QED) is 0.0896. The molecule has 13 heterocycles. The third-order valence-corrected chi connectivity index (χ3v) is 30.5. The van der Waals surface area contributed by atoms with Crippen molar-refractivity contribution >= 4 is 134 Å². The summed E-state index contributed by atoms with van der Waals surface area (Å²) >= 11 is 44.0. The minimum atomic E-state index is -0.115. The van der Waals surface area contributed by atoms with E-state index in [2.05, 4.69) is 58.4 Å². The maximum atomic E-state index is 13.4. The van der Waals surface area contributed by atoms with Gasteiger partial charge in [0.2, 0.25) is 23.8 Å². The average Bonchev–Trinajstić information content (AvgIpc) is 1.30. The SMILES string of the molecule is C[C@@H]1CCC2(CCN(c3nc4c(c(=O)n3C)C(c3cccc(Cl)c3Cl)=NC4)CC2)[C@@H]1N.Cn1c(N2CCC(C)(CN)CC2)nc2c(c1=O)C(c1cccc(Cl)c1Cl)=NC2.Cn1c(N2CCC3(CCC[C@H]3N)CC2)nc2c(c1=O)C(c1ccnc(N)c1Cl)=NC2.Cn1c(N2CCC3(CC[C@@H]3N)CC2)nc2c(c1=O)C(c1cccc(Cl)c1Cl)=NC2. The Balaban J connectivity index is 0.000000118. The molecule has 10 N–H and O–H groups in total. The number of hydrogen-bond acceptors (Lipinski definition) is 22. The zero-order valence-corrected chi connectivity index (χ0v) is 72.5. The Morgan fingerprint density at radius 1 is 0.407 bits per heavy atom. The summed E-state index contributed by atoms with van der Waals surface area (Å²) in [5.74, 6) is 3.63. The van der Waals surface area contributed by atoms with Crippen molar-refractivity contribution in [1.82, 2.24) is 43.2 Å². The van der Waals surface area contributed by atoms with Crippen molar-refractivity contribution in [2.75, 3.05) is 84.2 Å². The van der Waals surface area contributed by atoms with Gasteiger partial charge in [-0.1, -0.05) is 138 Å². The highest BCUT2D eigenvalue weighted by Gasteiger charge is 2.49. The van der Waals surface area contributed by atoms with Crippen molar-refractivity contribution < 1.29 is 0 Å². The molecule has 19 rings (SSSR count). The third-order valence-electron chi connectivity index (χ3n) is 27.7. The molecule has 5 aromatic heterocycles. The molecule has 4 saturated heterocycles. The fraction of sp³-hybridized carbons (Fsp3) is 0.494. The highest BCUT2D eigenvalue weighted by Crippen LogP contribution is 2.51. The predicted molar refractivity (Wildman–Crippen MR) is 474 cm³/mol. The molecule has 3 aromatic carbocycles. The summed E-state index contributed by atoms with van der Waals surface area (Å²) in [6.45, 7) is 13.5. The van der Waals surface area contributed by atoms with E-state index in [-0.39, 0.29) is 50.3 Å². The van der Waals surface area contributed by atoms with Crippen molar-refractivity contribution in [1.29, 1.82) is 0 Å². The lowest BCUT2D eigenvalue weighted by Crippen LogP contribution is -2.56. The lowest BCUT2D eigenvalue weighted by atomic mass is 9.60. The van der Waals surface area contributed by atoms with Gasteiger partial charge in [-0.05, 0) is 148 Å². The third kappa shape index (κ3) is 14.9. The average molecular weight is 1740 g/mol. The summed E-state index contributed by atoms with van der Waals surface area (Å²) < 4.78 is 6.53. The van der Waals surface area contributed by atoms with Gasteiger partial charge in [0.15, 0.2) is 0 Å². The van der Waals surface area contributed by atoms with Crippen LogP contribution in [0.5, 0.6) is 0 Å². The van der Waals surface area contributed by atoms with Gasteiger partial charge in [0.1, 0.15) is 5.82 Å². The molecule has 3 spiro atoms. The Kier molecular flexibility index (Phi) is 23.4. The van der Waals surface area contributed by atoms with Crippen molar-refractivity contribution in [3.63, 3.8) is 0 Å². The van der Waals surface area contributed by atoms with Crippen LogP contribution in [0.3, 0.4) is 0 Å². The number of nitrogen functional groups attached to an aromatic ring is 1. The highest BCUT2D eigenvalue weighted by molar-refractivity contribution is 6.46. The molecule has 7 fully saturated rings. The minimum absolute atomic E-state index is 0.0984. The van der Waals surface area contributed by atoms with Crippen LogP contribution in [0, 0.1) is 27.6 Å². The molecule has 8 aliphatic heterocycles. The van der Waals surface area contributed by atoms with E-state index >= 15 is 0 Å². The molecular weight excluding hydrogens is 1640 g/mol. The molecule has 8 aromatic rings. The first-order valence-electron chi connectivity index (χ1n) is 40.8. The van der Waals surface area contributed by atoms with E-state index in [0.717, 1.165) is 117 Å². The number of pyridine rings is 1. The van der Waals surface area contributed by atoms with E-state index in [0.29, 0.717) is 205 Å². The van der Waals surface area contributed by atoms with Crippen LogP contribution in [-0.2, 0) is 54.4 Å².